The Bertz CT molecular complexity index is 1140. The van der Waals surface area contributed by atoms with Crippen LogP contribution in [0.1, 0.15) is 33.0 Å². The van der Waals surface area contributed by atoms with Gasteiger partial charge >= 0.3 is 5.97 Å². The topological polar surface area (TPSA) is 57.0 Å². The molecule has 0 fully saturated rings. The van der Waals surface area contributed by atoms with Gasteiger partial charge < -0.3 is 4.74 Å². The minimum atomic E-state index is -0.382. The number of carbonyl (C=O) groups is 1. The summed E-state index contributed by atoms with van der Waals surface area (Å²) >= 11 is 1.54. The summed E-state index contributed by atoms with van der Waals surface area (Å²) in [6.45, 7) is 5.89. The van der Waals surface area contributed by atoms with Crippen LogP contribution in [-0.2, 0) is 11.3 Å². The van der Waals surface area contributed by atoms with Crippen LogP contribution in [0.4, 0.5) is 0 Å². The zero-order chi connectivity index (χ0) is 20.4. The number of ether oxygens (including phenoxy) is 1. The quantitative estimate of drug-likeness (QED) is 0.426. The first-order valence-corrected chi connectivity index (χ1v) is 10.2. The summed E-state index contributed by atoms with van der Waals surface area (Å²) in [5.74, 6) is -0.382. The fraction of sp³-hybridized carbons (Fsp3) is 0.174. The van der Waals surface area contributed by atoms with Gasteiger partial charge in [0.1, 0.15) is 17.2 Å². The largest absolute Gasteiger partial charge is 0.455 e. The van der Waals surface area contributed by atoms with Gasteiger partial charge in [0.2, 0.25) is 0 Å². The van der Waals surface area contributed by atoms with Crippen molar-refractivity contribution in [3.63, 3.8) is 0 Å². The Balaban J connectivity index is 1.48. The van der Waals surface area contributed by atoms with Gasteiger partial charge in [0.05, 0.1) is 22.8 Å². The maximum atomic E-state index is 12.7. The third kappa shape index (κ3) is 3.98. The summed E-state index contributed by atoms with van der Waals surface area (Å²) in [5, 5.41) is 7.35. The van der Waals surface area contributed by atoms with Gasteiger partial charge in [-0.2, -0.15) is 5.10 Å². The molecule has 0 N–H and O–H groups in total. The van der Waals surface area contributed by atoms with E-state index in [1.165, 1.54) is 5.56 Å². The molecule has 5 nitrogen and oxygen atoms in total. The molecule has 0 spiro atoms. The molecule has 6 heteroatoms. The van der Waals surface area contributed by atoms with E-state index in [0.29, 0.717) is 11.3 Å². The van der Waals surface area contributed by atoms with Crippen molar-refractivity contribution in [2.45, 2.75) is 27.4 Å². The average molecular weight is 404 g/mol. The SMILES string of the molecule is Cc1ccc(-c2nc(COC(=O)c3c(C)nn(-c4ccccc4)c3C)cs2)cc1. The number of hydrogen-bond acceptors (Lipinski definition) is 5. The highest BCUT2D eigenvalue weighted by Crippen LogP contribution is 2.25. The molecule has 0 saturated heterocycles. The molecule has 0 aliphatic carbocycles. The van der Waals surface area contributed by atoms with Gasteiger partial charge in [0.25, 0.3) is 0 Å². The summed E-state index contributed by atoms with van der Waals surface area (Å²) in [4.78, 5) is 17.3. The Kier molecular flexibility index (Phi) is 5.27. The van der Waals surface area contributed by atoms with E-state index in [-0.39, 0.29) is 12.6 Å². The Morgan fingerprint density at radius 3 is 2.48 bits per heavy atom. The van der Waals surface area contributed by atoms with Crippen LogP contribution < -0.4 is 0 Å². The van der Waals surface area contributed by atoms with Gasteiger partial charge in [-0.15, -0.1) is 11.3 Å². The molecule has 146 valence electrons. The van der Waals surface area contributed by atoms with E-state index in [9.17, 15) is 4.79 Å². The fourth-order valence-corrected chi connectivity index (χ4v) is 3.98. The first-order chi connectivity index (χ1) is 14.0. The number of nitrogens with zero attached hydrogens (tertiary/aromatic N) is 3. The summed E-state index contributed by atoms with van der Waals surface area (Å²) in [6, 6.07) is 18.0. The fourth-order valence-electron chi connectivity index (χ4n) is 3.17. The number of aromatic nitrogens is 3. The second-order valence-electron chi connectivity index (χ2n) is 6.88. The third-order valence-corrected chi connectivity index (χ3v) is 5.64. The van der Waals surface area contributed by atoms with Gasteiger partial charge in [0, 0.05) is 10.9 Å². The lowest BCUT2D eigenvalue weighted by Gasteiger charge is -2.05. The number of para-hydroxylation sites is 1. The number of carbonyl (C=O) groups excluding carboxylic acids is 1. The second kappa shape index (κ2) is 8.01. The Morgan fingerprint density at radius 1 is 1.03 bits per heavy atom. The molecule has 29 heavy (non-hydrogen) atoms. The molecule has 0 atom stereocenters. The van der Waals surface area contributed by atoms with Gasteiger partial charge in [-0.25, -0.2) is 14.5 Å². The number of benzene rings is 2. The highest BCUT2D eigenvalue weighted by atomic mass is 32.1. The average Bonchev–Trinajstić information content (AvgIpc) is 3.32. The molecule has 0 amide bonds. The van der Waals surface area contributed by atoms with Crippen LogP contribution in [0.15, 0.2) is 60.0 Å². The third-order valence-electron chi connectivity index (χ3n) is 4.70. The molecule has 0 saturated carbocycles. The van der Waals surface area contributed by atoms with E-state index in [4.69, 9.17) is 4.74 Å². The van der Waals surface area contributed by atoms with Crippen LogP contribution in [0.25, 0.3) is 16.3 Å². The number of aryl methyl sites for hydroxylation is 2. The lowest BCUT2D eigenvalue weighted by atomic mass is 10.2. The number of rotatable bonds is 5. The first-order valence-electron chi connectivity index (χ1n) is 9.33. The van der Waals surface area contributed by atoms with Crippen molar-refractivity contribution >= 4 is 17.3 Å². The number of esters is 1. The van der Waals surface area contributed by atoms with Crippen molar-refractivity contribution in [1.82, 2.24) is 14.8 Å². The zero-order valence-corrected chi connectivity index (χ0v) is 17.4. The second-order valence-corrected chi connectivity index (χ2v) is 7.74. The molecule has 0 aliphatic rings. The van der Waals surface area contributed by atoms with Gasteiger partial charge in [-0.05, 0) is 32.9 Å². The number of hydrogen-bond donors (Lipinski definition) is 0. The van der Waals surface area contributed by atoms with Crippen LogP contribution >= 0.6 is 11.3 Å². The molecule has 0 aliphatic heterocycles. The Morgan fingerprint density at radius 2 is 1.76 bits per heavy atom. The van der Waals surface area contributed by atoms with Gasteiger partial charge in [-0.3, -0.25) is 0 Å². The van der Waals surface area contributed by atoms with Crippen molar-refractivity contribution in [2.75, 3.05) is 0 Å². The van der Waals surface area contributed by atoms with E-state index < -0.39 is 0 Å². The lowest BCUT2D eigenvalue weighted by Crippen LogP contribution is -2.08. The molecular formula is C23H21N3O2S. The molecule has 0 unspecified atom stereocenters. The molecule has 2 aromatic heterocycles. The molecule has 4 aromatic rings. The van der Waals surface area contributed by atoms with E-state index in [2.05, 4.69) is 41.3 Å². The maximum absolute atomic E-state index is 12.7. The smallest absolute Gasteiger partial charge is 0.342 e. The summed E-state index contributed by atoms with van der Waals surface area (Å²) in [7, 11) is 0. The van der Waals surface area contributed by atoms with Crippen LogP contribution in [0.3, 0.4) is 0 Å². The van der Waals surface area contributed by atoms with Crippen LogP contribution in [0.5, 0.6) is 0 Å². The van der Waals surface area contributed by atoms with E-state index in [0.717, 1.165) is 27.6 Å². The molecule has 2 aromatic carbocycles. The van der Waals surface area contributed by atoms with E-state index >= 15 is 0 Å². The van der Waals surface area contributed by atoms with Crippen LogP contribution in [-0.4, -0.2) is 20.7 Å². The Labute approximate surface area is 173 Å². The lowest BCUT2D eigenvalue weighted by molar-refractivity contribution is 0.0466. The minimum Gasteiger partial charge on any atom is -0.455 e. The Hall–Kier alpha value is -3.25. The maximum Gasteiger partial charge on any atom is 0.342 e. The monoisotopic (exact) mass is 403 g/mol. The van der Waals surface area contributed by atoms with Crippen molar-refractivity contribution in [2.24, 2.45) is 0 Å². The molecular weight excluding hydrogens is 382 g/mol. The normalized spacial score (nSPS) is 10.9. The van der Waals surface area contributed by atoms with Crippen molar-refractivity contribution in [1.29, 1.82) is 0 Å². The van der Waals surface area contributed by atoms with E-state index in [1.54, 1.807) is 16.0 Å². The van der Waals surface area contributed by atoms with Crippen LogP contribution in [0.2, 0.25) is 0 Å². The standard InChI is InChI=1S/C23H21N3O2S/c1-15-9-11-18(12-10-15)22-24-19(14-29-22)13-28-23(27)21-16(2)25-26(17(21)3)20-7-5-4-6-8-20/h4-12,14H,13H2,1-3H3. The highest BCUT2D eigenvalue weighted by molar-refractivity contribution is 7.13. The summed E-state index contributed by atoms with van der Waals surface area (Å²) < 4.78 is 7.31. The summed E-state index contributed by atoms with van der Waals surface area (Å²) in [6.07, 6.45) is 0. The predicted octanol–water partition coefficient (Wildman–Crippen LogP) is 5.28. The van der Waals surface area contributed by atoms with Crippen LogP contribution in [0, 0.1) is 20.8 Å². The van der Waals surface area contributed by atoms with Crippen molar-refractivity contribution in [3.05, 3.63) is 88.2 Å². The van der Waals surface area contributed by atoms with Crippen molar-refractivity contribution < 1.29 is 9.53 Å². The van der Waals surface area contributed by atoms with Gasteiger partial charge in [-0.1, -0.05) is 48.0 Å². The molecule has 4 rings (SSSR count). The predicted molar refractivity (Wildman–Crippen MR) is 114 cm³/mol. The van der Waals surface area contributed by atoms with E-state index in [1.807, 2.05) is 49.6 Å². The summed E-state index contributed by atoms with van der Waals surface area (Å²) in [5.41, 5.74) is 5.84. The van der Waals surface area contributed by atoms with Gasteiger partial charge in [0.15, 0.2) is 0 Å². The molecule has 0 bridgehead atoms. The highest BCUT2D eigenvalue weighted by Gasteiger charge is 2.21. The number of thiazole rings is 1. The van der Waals surface area contributed by atoms with Crippen molar-refractivity contribution in [3.8, 4) is 16.3 Å². The molecule has 0 radical (unpaired) electrons. The first kappa shape index (κ1) is 19.1. The molecule has 2 heterocycles. The minimum absolute atomic E-state index is 0.136. The zero-order valence-electron chi connectivity index (χ0n) is 16.5.